The highest BCUT2D eigenvalue weighted by Gasteiger charge is 2.24. The molecule has 0 saturated carbocycles. The lowest BCUT2D eigenvalue weighted by molar-refractivity contribution is 0.646. The molecule has 1 saturated heterocycles. The molecule has 0 aliphatic carbocycles. The van der Waals surface area contributed by atoms with Gasteiger partial charge in [-0.3, -0.25) is 0 Å². The van der Waals surface area contributed by atoms with Crippen molar-refractivity contribution in [1.29, 1.82) is 0 Å². The van der Waals surface area contributed by atoms with Crippen LogP contribution in [0.5, 0.6) is 0 Å². The Morgan fingerprint density at radius 3 is 2.35 bits per heavy atom. The van der Waals surface area contributed by atoms with Crippen LogP contribution in [-0.4, -0.2) is 42.7 Å². The van der Waals surface area contributed by atoms with Gasteiger partial charge in [0.2, 0.25) is 0 Å². The molecule has 1 aliphatic heterocycles. The Labute approximate surface area is 185 Å². The number of aromatic nitrogens is 2. The van der Waals surface area contributed by atoms with Gasteiger partial charge in [0.25, 0.3) is 0 Å². The van der Waals surface area contributed by atoms with Gasteiger partial charge < -0.3 is 20.4 Å². The second-order valence-corrected chi connectivity index (χ2v) is 8.21. The summed E-state index contributed by atoms with van der Waals surface area (Å²) in [5.74, 6) is 1.60. The van der Waals surface area contributed by atoms with Gasteiger partial charge in [-0.1, -0.05) is 24.3 Å². The van der Waals surface area contributed by atoms with Gasteiger partial charge in [-0.05, 0) is 62.6 Å². The largest absolute Gasteiger partial charge is 0.393 e. The predicted octanol–water partition coefficient (Wildman–Crippen LogP) is 4.47. The fourth-order valence-electron chi connectivity index (χ4n) is 4.33. The summed E-state index contributed by atoms with van der Waals surface area (Å²) in [5.41, 5.74) is 13.6. The lowest BCUT2D eigenvalue weighted by atomic mass is 10.1. The monoisotopic (exact) mass is 416 g/mol. The first-order chi connectivity index (χ1) is 15.0. The van der Waals surface area contributed by atoms with E-state index in [1.54, 1.807) is 6.33 Å². The van der Waals surface area contributed by atoms with Gasteiger partial charge >= 0.3 is 0 Å². The van der Waals surface area contributed by atoms with Crippen molar-refractivity contribution in [1.82, 2.24) is 9.97 Å². The minimum atomic E-state index is 0.644. The molecule has 1 aliphatic rings. The number of anilines is 5. The van der Waals surface area contributed by atoms with E-state index in [0.29, 0.717) is 5.69 Å². The van der Waals surface area contributed by atoms with Gasteiger partial charge in [0.15, 0.2) is 11.6 Å². The summed E-state index contributed by atoms with van der Waals surface area (Å²) in [5, 5.41) is 0. The molecule has 0 amide bonds. The SMILES string of the molecule is CCN(c1cccc(C)c1)c1ncnc(N2CCN(c3cccc(C)c3C)CC2)c1N. The van der Waals surface area contributed by atoms with Crippen molar-refractivity contribution in [3.63, 3.8) is 0 Å². The molecule has 162 valence electrons. The van der Waals surface area contributed by atoms with Gasteiger partial charge in [-0.2, -0.15) is 0 Å². The predicted molar refractivity (Wildman–Crippen MR) is 131 cm³/mol. The number of nitrogens with two attached hydrogens (primary N) is 1. The van der Waals surface area contributed by atoms with Gasteiger partial charge in [-0.25, -0.2) is 9.97 Å². The summed E-state index contributed by atoms with van der Waals surface area (Å²) < 4.78 is 0. The summed E-state index contributed by atoms with van der Waals surface area (Å²) in [4.78, 5) is 16.0. The van der Waals surface area contributed by atoms with Crippen LogP contribution < -0.4 is 20.4 Å². The number of hydrogen-bond acceptors (Lipinski definition) is 6. The maximum atomic E-state index is 6.63. The summed E-state index contributed by atoms with van der Waals surface area (Å²) in [6, 6.07) is 15.0. The Bertz CT molecular complexity index is 1060. The van der Waals surface area contributed by atoms with E-state index in [9.17, 15) is 0 Å². The zero-order valence-electron chi connectivity index (χ0n) is 19.0. The Hall–Kier alpha value is -3.28. The second-order valence-electron chi connectivity index (χ2n) is 8.21. The number of nitrogen functional groups attached to an aromatic ring is 1. The summed E-state index contributed by atoms with van der Waals surface area (Å²) >= 11 is 0. The molecule has 2 heterocycles. The number of hydrogen-bond donors (Lipinski definition) is 1. The average molecular weight is 417 g/mol. The number of aryl methyl sites for hydroxylation is 2. The van der Waals surface area contributed by atoms with Crippen molar-refractivity contribution in [3.8, 4) is 0 Å². The second kappa shape index (κ2) is 8.84. The Morgan fingerprint density at radius 1 is 0.935 bits per heavy atom. The zero-order valence-corrected chi connectivity index (χ0v) is 19.0. The molecule has 1 fully saturated rings. The Balaban J connectivity index is 1.56. The quantitative estimate of drug-likeness (QED) is 0.662. The minimum Gasteiger partial charge on any atom is -0.393 e. The van der Waals surface area contributed by atoms with Crippen molar-refractivity contribution in [3.05, 3.63) is 65.5 Å². The van der Waals surface area contributed by atoms with E-state index in [4.69, 9.17) is 5.73 Å². The zero-order chi connectivity index (χ0) is 22.0. The maximum absolute atomic E-state index is 6.63. The van der Waals surface area contributed by atoms with Gasteiger partial charge in [0.1, 0.15) is 12.0 Å². The average Bonchev–Trinajstić information content (AvgIpc) is 2.78. The van der Waals surface area contributed by atoms with Crippen LogP contribution in [0.1, 0.15) is 23.6 Å². The molecule has 31 heavy (non-hydrogen) atoms. The lowest BCUT2D eigenvalue weighted by Gasteiger charge is -2.38. The number of benzene rings is 2. The van der Waals surface area contributed by atoms with Crippen LogP contribution in [0.15, 0.2) is 48.8 Å². The fraction of sp³-hybridized carbons (Fsp3) is 0.360. The third kappa shape index (κ3) is 4.15. The van der Waals surface area contributed by atoms with E-state index in [1.807, 2.05) is 0 Å². The van der Waals surface area contributed by atoms with Crippen molar-refractivity contribution in [2.45, 2.75) is 27.7 Å². The van der Waals surface area contributed by atoms with Crippen molar-refractivity contribution in [2.75, 3.05) is 53.2 Å². The third-order valence-corrected chi connectivity index (χ3v) is 6.22. The molecular weight excluding hydrogens is 384 g/mol. The first-order valence-corrected chi connectivity index (χ1v) is 11.0. The lowest BCUT2D eigenvalue weighted by Crippen LogP contribution is -2.47. The number of nitrogens with zero attached hydrogens (tertiary/aromatic N) is 5. The minimum absolute atomic E-state index is 0.644. The van der Waals surface area contributed by atoms with E-state index < -0.39 is 0 Å². The number of rotatable bonds is 5. The topological polar surface area (TPSA) is 61.5 Å². The Kier molecular flexibility index (Phi) is 5.98. The smallest absolute Gasteiger partial charge is 0.161 e. The molecule has 0 unspecified atom stereocenters. The van der Waals surface area contributed by atoms with Gasteiger partial charge in [0.05, 0.1) is 0 Å². The van der Waals surface area contributed by atoms with Crippen molar-refractivity contribution >= 4 is 28.7 Å². The van der Waals surface area contributed by atoms with E-state index in [2.05, 4.69) is 94.8 Å². The van der Waals surface area contributed by atoms with Crippen LogP contribution in [-0.2, 0) is 0 Å². The summed E-state index contributed by atoms with van der Waals surface area (Å²) in [7, 11) is 0. The van der Waals surface area contributed by atoms with Gasteiger partial charge in [0, 0.05) is 44.1 Å². The molecule has 0 bridgehead atoms. The van der Waals surface area contributed by atoms with E-state index in [0.717, 1.165) is 50.0 Å². The van der Waals surface area contributed by atoms with E-state index in [1.165, 1.54) is 22.4 Å². The van der Waals surface area contributed by atoms with Crippen LogP contribution in [0, 0.1) is 20.8 Å². The van der Waals surface area contributed by atoms with Crippen molar-refractivity contribution < 1.29 is 0 Å². The van der Waals surface area contributed by atoms with Crippen LogP contribution in [0.25, 0.3) is 0 Å². The Morgan fingerprint density at radius 2 is 1.65 bits per heavy atom. The summed E-state index contributed by atoms with van der Waals surface area (Å²) in [6.07, 6.45) is 1.64. The van der Waals surface area contributed by atoms with Gasteiger partial charge in [-0.15, -0.1) is 0 Å². The molecule has 4 rings (SSSR count). The molecule has 6 nitrogen and oxygen atoms in total. The number of piperazine rings is 1. The molecule has 2 aromatic carbocycles. The van der Waals surface area contributed by atoms with Crippen LogP contribution in [0.3, 0.4) is 0 Å². The fourth-order valence-corrected chi connectivity index (χ4v) is 4.33. The van der Waals surface area contributed by atoms with E-state index >= 15 is 0 Å². The molecule has 2 N–H and O–H groups in total. The van der Waals surface area contributed by atoms with Crippen LogP contribution in [0.4, 0.5) is 28.7 Å². The molecule has 0 radical (unpaired) electrons. The molecule has 1 aromatic heterocycles. The first kappa shape index (κ1) is 21.0. The van der Waals surface area contributed by atoms with Crippen LogP contribution in [0.2, 0.25) is 0 Å². The summed E-state index contributed by atoms with van der Waals surface area (Å²) in [6.45, 7) is 13.0. The molecule has 3 aromatic rings. The third-order valence-electron chi connectivity index (χ3n) is 6.22. The highest BCUT2D eigenvalue weighted by Crippen LogP contribution is 2.34. The molecule has 0 spiro atoms. The first-order valence-electron chi connectivity index (χ1n) is 11.0. The standard InChI is InChI=1S/C25H32N6/c1-5-31(21-10-6-8-18(2)16-21)25-23(26)24(27-17-28-25)30-14-12-29(13-15-30)22-11-7-9-19(3)20(22)4/h6-11,16-17H,5,12-15,26H2,1-4H3. The maximum Gasteiger partial charge on any atom is 0.161 e. The highest BCUT2D eigenvalue weighted by molar-refractivity contribution is 5.80. The van der Waals surface area contributed by atoms with Crippen LogP contribution >= 0.6 is 0 Å². The van der Waals surface area contributed by atoms with Crippen molar-refractivity contribution in [2.24, 2.45) is 0 Å². The molecule has 6 heteroatoms. The van der Waals surface area contributed by atoms with E-state index in [-0.39, 0.29) is 0 Å². The molecule has 0 atom stereocenters. The normalized spacial score (nSPS) is 14.1. The molecular formula is C25H32N6. The highest BCUT2D eigenvalue weighted by atomic mass is 15.3.